The quantitative estimate of drug-likeness (QED) is 0.731. The van der Waals surface area contributed by atoms with Gasteiger partial charge in [-0.2, -0.15) is 4.98 Å². The molecular weight excluding hydrogens is 264 g/mol. The molecule has 1 aromatic rings. The van der Waals surface area contributed by atoms with Crippen LogP contribution in [-0.2, 0) is 0 Å². The summed E-state index contributed by atoms with van der Waals surface area (Å²) in [6.07, 6.45) is 5.25. The van der Waals surface area contributed by atoms with E-state index in [9.17, 15) is 0 Å². The number of pyridine rings is 1. The molecule has 0 aliphatic heterocycles. The maximum absolute atomic E-state index is 5.92. The standard InChI is InChI=1S/C16H26N4O/c1-2-20(13-5-6-13)10-9-18-15-8-7-14(17)16(19-15)21-11-12-3-4-12/h7-8,12-13H,2-6,9-11,17H2,1H3,(H,18,19). The van der Waals surface area contributed by atoms with Gasteiger partial charge in [0.25, 0.3) is 0 Å². The lowest BCUT2D eigenvalue weighted by atomic mass is 10.4. The fourth-order valence-corrected chi connectivity index (χ4v) is 2.51. The highest BCUT2D eigenvalue weighted by Gasteiger charge is 2.27. The fraction of sp³-hybridized carbons (Fsp3) is 0.688. The predicted molar refractivity (Wildman–Crippen MR) is 85.6 cm³/mol. The molecule has 0 radical (unpaired) electrons. The van der Waals surface area contributed by atoms with Crippen LogP contribution in [-0.4, -0.2) is 42.2 Å². The Morgan fingerprint density at radius 1 is 1.33 bits per heavy atom. The van der Waals surface area contributed by atoms with E-state index in [0.717, 1.165) is 38.1 Å². The third-order valence-corrected chi connectivity index (χ3v) is 4.22. The molecule has 1 aromatic heterocycles. The Balaban J connectivity index is 1.48. The maximum atomic E-state index is 5.92. The number of ether oxygens (including phenoxy) is 1. The van der Waals surface area contributed by atoms with Gasteiger partial charge in [-0.05, 0) is 50.3 Å². The van der Waals surface area contributed by atoms with Gasteiger partial charge < -0.3 is 15.8 Å². The monoisotopic (exact) mass is 290 g/mol. The Morgan fingerprint density at radius 2 is 2.14 bits per heavy atom. The van der Waals surface area contributed by atoms with Crippen molar-refractivity contribution in [3.8, 4) is 5.88 Å². The molecule has 0 aromatic carbocycles. The number of hydrogen-bond donors (Lipinski definition) is 2. The molecule has 0 unspecified atom stereocenters. The normalized spacial score (nSPS) is 18.0. The van der Waals surface area contributed by atoms with Gasteiger partial charge in [0.05, 0.1) is 12.3 Å². The minimum Gasteiger partial charge on any atom is -0.476 e. The zero-order valence-corrected chi connectivity index (χ0v) is 12.8. The number of likely N-dealkylation sites (N-methyl/N-ethyl adjacent to an activating group) is 1. The number of rotatable bonds is 9. The van der Waals surface area contributed by atoms with Gasteiger partial charge >= 0.3 is 0 Å². The van der Waals surface area contributed by atoms with Crippen LogP contribution in [0.3, 0.4) is 0 Å². The van der Waals surface area contributed by atoms with Gasteiger partial charge in [0.2, 0.25) is 5.88 Å². The van der Waals surface area contributed by atoms with Gasteiger partial charge in [0.15, 0.2) is 0 Å². The van der Waals surface area contributed by atoms with E-state index in [1.54, 1.807) is 0 Å². The van der Waals surface area contributed by atoms with Crippen molar-refractivity contribution < 1.29 is 4.74 Å². The van der Waals surface area contributed by atoms with E-state index in [0.29, 0.717) is 17.5 Å². The van der Waals surface area contributed by atoms with Gasteiger partial charge in [0, 0.05) is 19.1 Å². The second-order valence-electron chi connectivity index (χ2n) is 6.13. The number of nitrogens with one attached hydrogen (secondary N) is 1. The first-order valence-corrected chi connectivity index (χ1v) is 8.13. The van der Waals surface area contributed by atoms with E-state index in [-0.39, 0.29) is 0 Å². The van der Waals surface area contributed by atoms with Crippen LogP contribution in [0.15, 0.2) is 12.1 Å². The van der Waals surface area contributed by atoms with Gasteiger partial charge in [-0.25, -0.2) is 0 Å². The van der Waals surface area contributed by atoms with Crippen molar-refractivity contribution in [2.75, 3.05) is 37.3 Å². The summed E-state index contributed by atoms with van der Waals surface area (Å²) in [6.45, 7) is 6.06. The largest absolute Gasteiger partial charge is 0.476 e. The lowest BCUT2D eigenvalue weighted by molar-refractivity contribution is 0.287. The molecule has 21 heavy (non-hydrogen) atoms. The molecule has 116 valence electrons. The summed E-state index contributed by atoms with van der Waals surface area (Å²) in [5.74, 6) is 2.13. The molecule has 0 saturated heterocycles. The molecule has 2 aliphatic carbocycles. The number of nitrogens with two attached hydrogens (primary N) is 1. The van der Waals surface area contributed by atoms with E-state index < -0.39 is 0 Å². The highest BCUT2D eigenvalue weighted by molar-refractivity contribution is 5.53. The Bertz CT molecular complexity index is 471. The zero-order chi connectivity index (χ0) is 14.7. The van der Waals surface area contributed by atoms with Crippen LogP contribution in [0.1, 0.15) is 32.6 Å². The lowest BCUT2D eigenvalue weighted by Gasteiger charge is -2.20. The van der Waals surface area contributed by atoms with Gasteiger partial charge in [-0.1, -0.05) is 6.92 Å². The Labute approximate surface area is 126 Å². The number of hydrogen-bond acceptors (Lipinski definition) is 5. The summed E-state index contributed by atoms with van der Waals surface area (Å²) < 4.78 is 5.71. The molecule has 0 spiro atoms. The van der Waals surface area contributed by atoms with E-state index in [2.05, 4.69) is 22.1 Å². The molecule has 0 amide bonds. The highest BCUT2D eigenvalue weighted by Crippen LogP contribution is 2.30. The van der Waals surface area contributed by atoms with Gasteiger partial charge in [0.1, 0.15) is 5.82 Å². The average molecular weight is 290 g/mol. The molecule has 0 atom stereocenters. The molecule has 5 heteroatoms. The van der Waals surface area contributed by atoms with Crippen molar-refractivity contribution >= 4 is 11.5 Å². The van der Waals surface area contributed by atoms with Crippen molar-refractivity contribution in [1.29, 1.82) is 0 Å². The predicted octanol–water partition coefficient (Wildman–Crippen LogP) is 2.35. The van der Waals surface area contributed by atoms with Crippen molar-refractivity contribution in [2.45, 2.75) is 38.6 Å². The summed E-state index contributed by atoms with van der Waals surface area (Å²) >= 11 is 0. The van der Waals surface area contributed by atoms with E-state index in [1.807, 2.05) is 12.1 Å². The minimum absolute atomic E-state index is 0.571. The first-order chi connectivity index (χ1) is 10.3. The van der Waals surface area contributed by atoms with Crippen molar-refractivity contribution in [1.82, 2.24) is 9.88 Å². The molecule has 2 fully saturated rings. The van der Waals surface area contributed by atoms with Crippen LogP contribution in [0.25, 0.3) is 0 Å². The second-order valence-corrected chi connectivity index (χ2v) is 6.13. The third-order valence-electron chi connectivity index (χ3n) is 4.22. The average Bonchev–Trinajstić information content (AvgIpc) is 3.37. The summed E-state index contributed by atoms with van der Waals surface area (Å²) in [4.78, 5) is 7.00. The zero-order valence-electron chi connectivity index (χ0n) is 12.8. The van der Waals surface area contributed by atoms with Crippen LogP contribution in [0.4, 0.5) is 11.5 Å². The molecule has 3 rings (SSSR count). The Morgan fingerprint density at radius 3 is 2.81 bits per heavy atom. The third kappa shape index (κ3) is 4.24. The summed E-state index contributed by atoms with van der Waals surface area (Å²) in [5, 5.41) is 3.37. The van der Waals surface area contributed by atoms with E-state index in [1.165, 1.54) is 25.7 Å². The summed E-state index contributed by atoms with van der Waals surface area (Å²) in [6, 6.07) is 4.61. The van der Waals surface area contributed by atoms with Gasteiger partial charge in [-0.15, -0.1) is 0 Å². The summed E-state index contributed by atoms with van der Waals surface area (Å²) in [7, 11) is 0. The fourth-order valence-electron chi connectivity index (χ4n) is 2.51. The van der Waals surface area contributed by atoms with Crippen molar-refractivity contribution in [3.05, 3.63) is 12.1 Å². The molecular formula is C16H26N4O. The van der Waals surface area contributed by atoms with Crippen LogP contribution < -0.4 is 15.8 Å². The Hall–Kier alpha value is -1.49. The lowest BCUT2D eigenvalue weighted by Crippen LogP contribution is -2.31. The topological polar surface area (TPSA) is 63.4 Å². The maximum Gasteiger partial charge on any atom is 0.239 e. The number of nitrogens with zero attached hydrogens (tertiary/aromatic N) is 2. The first kappa shape index (κ1) is 14.4. The van der Waals surface area contributed by atoms with Crippen molar-refractivity contribution in [2.24, 2.45) is 5.92 Å². The number of anilines is 2. The number of nitrogen functional groups attached to an aromatic ring is 1. The Kier molecular flexibility index (Phi) is 4.48. The van der Waals surface area contributed by atoms with Crippen molar-refractivity contribution in [3.63, 3.8) is 0 Å². The van der Waals surface area contributed by atoms with Crippen LogP contribution in [0.5, 0.6) is 5.88 Å². The highest BCUT2D eigenvalue weighted by atomic mass is 16.5. The molecule has 2 saturated carbocycles. The molecule has 0 bridgehead atoms. The van der Waals surface area contributed by atoms with Crippen LogP contribution in [0, 0.1) is 5.92 Å². The van der Waals surface area contributed by atoms with E-state index in [4.69, 9.17) is 10.5 Å². The number of aromatic nitrogens is 1. The van der Waals surface area contributed by atoms with Crippen LogP contribution >= 0.6 is 0 Å². The smallest absolute Gasteiger partial charge is 0.239 e. The molecule has 1 heterocycles. The second kappa shape index (κ2) is 6.52. The van der Waals surface area contributed by atoms with Crippen LogP contribution in [0.2, 0.25) is 0 Å². The van der Waals surface area contributed by atoms with E-state index >= 15 is 0 Å². The first-order valence-electron chi connectivity index (χ1n) is 8.13. The SMILES string of the molecule is CCN(CCNc1ccc(N)c(OCC2CC2)n1)C1CC1. The van der Waals surface area contributed by atoms with Gasteiger partial charge in [-0.3, -0.25) is 4.90 Å². The minimum atomic E-state index is 0.571. The molecule has 5 nitrogen and oxygen atoms in total. The molecule has 2 aliphatic rings. The summed E-state index contributed by atoms with van der Waals surface area (Å²) in [5.41, 5.74) is 6.54. The molecule has 3 N–H and O–H groups in total.